The van der Waals surface area contributed by atoms with Crippen molar-refractivity contribution in [1.29, 1.82) is 0 Å². The first-order valence-electron chi connectivity index (χ1n) is 12.5. The molecule has 2 aliphatic rings. The number of carbonyl (C=O) groups is 3. The maximum atomic E-state index is 13.8. The summed E-state index contributed by atoms with van der Waals surface area (Å²) in [6.45, 7) is 5.58. The second-order valence-corrected chi connectivity index (χ2v) is 9.98. The Balaban J connectivity index is 1.55. The van der Waals surface area contributed by atoms with Gasteiger partial charge in [-0.05, 0) is 50.3 Å². The average molecular weight is 493 g/mol. The normalized spacial score (nSPS) is 20.4. The number of benzene rings is 2. The van der Waals surface area contributed by atoms with Crippen molar-refractivity contribution in [2.75, 3.05) is 65.4 Å². The van der Waals surface area contributed by atoms with E-state index in [9.17, 15) is 14.4 Å². The molecule has 8 heteroatoms. The number of anilines is 1. The Labute approximate surface area is 213 Å². The van der Waals surface area contributed by atoms with E-state index in [1.165, 1.54) is 16.2 Å². The number of hydrogen-bond donors (Lipinski definition) is 0. The van der Waals surface area contributed by atoms with Crippen LogP contribution in [0.25, 0.3) is 0 Å². The number of hydrogen-bond acceptors (Lipinski definition) is 6. The topological polar surface area (TPSA) is 73.4 Å². The van der Waals surface area contributed by atoms with Gasteiger partial charge in [0.2, 0.25) is 17.7 Å². The molecule has 0 N–H and O–H groups in total. The molecule has 2 aromatic carbocycles. The fraction of sp³-hybridized carbons (Fsp3) is 0.464. The van der Waals surface area contributed by atoms with Crippen molar-refractivity contribution in [3.8, 4) is 5.75 Å². The summed E-state index contributed by atoms with van der Waals surface area (Å²) in [5.41, 5.74) is 1.83. The first-order chi connectivity index (χ1) is 17.2. The molecule has 8 nitrogen and oxygen atoms in total. The van der Waals surface area contributed by atoms with Crippen LogP contribution in [0.5, 0.6) is 5.75 Å². The summed E-state index contributed by atoms with van der Waals surface area (Å²) < 4.78 is 5.39. The van der Waals surface area contributed by atoms with Gasteiger partial charge in [0.1, 0.15) is 5.75 Å². The lowest BCUT2D eigenvalue weighted by Crippen LogP contribution is -2.51. The van der Waals surface area contributed by atoms with Crippen molar-refractivity contribution < 1.29 is 19.1 Å². The number of likely N-dealkylation sites (tertiary alicyclic amines) is 1. The summed E-state index contributed by atoms with van der Waals surface area (Å²) in [6, 6.07) is 15.5. The second-order valence-electron chi connectivity index (χ2n) is 9.98. The molecule has 2 saturated heterocycles. The maximum Gasteiger partial charge on any atom is 0.240 e. The van der Waals surface area contributed by atoms with Crippen LogP contribution in [0.3, 0.4) is 0 Å². The fourth-order valence-corrected chi connectivity index (χ4v) is 5.20. The van der Waals surface area contributed by atoms with E-state index < -0.39 is 5.41 Å². The van der Waals surface area contributed by atoms with Crippen LogP contribution in [0.2, 0.25) is 0 Å². The summed E-state index contributed by atoms with van der Waals surface area (Å²) >= 11 is 0. The van der Waals surface area contributed by atoms with Crippen molar-refractivity contribution in [1.82, 2.24) is 14.7 Å². The van der Waals surface area contributed by atoms with E-state index in [2.05, 4.69) is 24.0 Å². The van der Waals surface area contributed by atoms with Crippen molar-refractivity contribution >= 4 is 23.4 Å². The maximum absolute atomic E-state index is 13.8. The third-order valence-corrected chi connectivity index (χ3v) is 7.34. The summed E-state index contributed by atoms with van der Waals surface area (Å²) in [5.74, 6) is -0.0348. The van der Waals surface area contributed by atoms with Crippen molar-refractivity contribution in [2.24, 2.45) is 0 Å². The van der Waals surface area contributed by atoms with Crippen LogP contribution in [0.15, 0.2) is 48.5 Å². The number of nitrogens with zero attached hydrogens (tertiary/aromatic N) is 4. The van der Waals surface area contributed by atoms with Crippen LogP contribution < -0.4 is 9.64 Å². The van der Waals surface area contributed by atoms with Crippen molar-refractivity contribution in [3.63, 3.8) is 0 Å². The first-order valence-corrected chi connectivity index (χ1v) is 12.5. The van der Waals surface area contributed by atoms with E-state index in [1.54, 1.807) is 19.2 Å². The van der Waals surface area contributed by atoms with E-state index in [4.69, 9.17) is 4.74 Å². The Morgan fingerprint density at radius 2 is 1.75 bits per heavy atom. The quantitative estimate of drug-likeness (QED) is 0.527. The SMILES string of the molecule is COc1cccc(C2(CC(=O)N3CCN(c4ccccc4C)CC3)CC(=O)N(CCN(C)C)C2=O)c1. The van der Waals surface area contributed by atoms with Crippen LogP contribution in [-0.2, 0) is 19.8 Å². The first kappa shape index (κ1) is 25.7. The molecule has 0 radical (unpaired) electrons. The van der Waals surface area contributed by atoms with Gasteiger partial charge in [-0.3, -0.25) is 19.3 Å². The molecule has 2 aliphatic heterocycles. The molecule has 0 aromatic heterocycles. The fourth-order valence-electron chi connectivity index (χ4n) is 5.20. The van der Waals surface area contributed by atoms with Crippen LogP contribution >= 0.6 is 0 Å². The highest BCUT2D eigenvalue weighted by Gasteiger charge is 2.54. The average Bonchev–Trinajstić information content (AvgIpc) is 3.12. The largest absolute Gasteiger partial charge is 0.497 e. The standard InChI is InChI=1S/C28H36N4O4/c1-21-8-5-6-11-24(21)30-13-15-31(16-14-30)25(33)19-28(22-9-7-10-23(18-22)36-4)20-26(34)32(27(28)35)17-12-29(2)3/h5-11,18H,12-17,19-20H2,1-4H3. The number of imide groups is 1. The number of likely N-dealkylation sites (N-methyl/N-ethyl adjacent to an activating group) is 1. The van der Waals surface area contributed by atoms with Crippen LogP contribution in [0, 0.1) is 6.92 Å². The zero-order valence-corrected chi connectivity index (χ0v) is 21.7. The second kappa shape index (κ2) is 10.7. The highest BCUT2D eigenvalue weighted by molar-refractivity contribution is 6.10. The minimum absolute atomic E-state index is 0.0126. The predicted molar refractivity (Wildman–Crippen MR) is 139 cm³/mol. The number of piperazine rings is 1. The van der Waals surface area contributed by atoms with E-state index in [0.29, 0.717) is 37.5 Å². The summed E-state index contributed by atoms with van der Waals surface area (Å²) in [6.07, 6.45) is -0.0467. The lowest BCUT2D eigenvalue weighted by molar-refractivity contribution is -0.142. The molecular weight excluding hydrogens is 456 g/mol. The van der Waals surface area contributed by atoms with Gasteiger partial charge >= 0.3 is 0 Å². The monoisotopic (exact) mass is 492 g/mol. The van der Waals surface area contributed by atoms with Gasteiger partial charge in [-0.25, -0.2) is 0 Å². The zero-order chi connectivity index (χ0) is 25.9. The molecule has 0 bridgehead atoms. The van der Waals surface area contributed by atoms with Gasteiger partial charge in [-0.2, -0.15) is 0 Å². The summed E-state index contributed by atoms with van der Waals surface area (Å²) in [7, 11) is 5.37. The molecule has 0 aliphatic carbocycles. The van der Waals surface area contributed by atoms with Gasteiger partial charge in [0.25, 0.3) is 0 Å². The number of aryl methyl sites for hydroxylation is 1. The zero-order valence-electron chi connectivity index (χ0n) is 21.7. The van der Waals surface area contributed by atoms with E-state index in [-0.39, 0.29) is 30.6 Å². The number of rotatable bonds is 8. The Morgan fingerprint density at radius 1 is 1.03 bits per heavy atom. The summed E-state index contributed by atoms with van der Waals surface area (Å²) in [5, 5.41) is 0. The van der Waals surface area contributed by atoms with Crippen molar-refractivity contribution in [3.05, 3.63) is 59.7 Å². The molecule has 3 amide bonds. The Hall–Kier alpha value is -3.39. The number of amides is 3. The van der Waals surface area contributed by atoms with Crippen molar-refractivity contribution in [2.45, 2.75) is 25.2 Å². The van der Waals surface area contributed by atoms with Gasteiger partial charge in [0, 0.05) is 57.8 Å². The molecule has 0 saturated carbocycles. The minimum atomic E-state index is -1.22. The van der Waals surface area contributed by atoms with Crippen LogP contribution in [-0.4, -0.2) is 92.9 Å². The molecule has 4 rings (SSSR count). The molecule has 2 fully saturated rings. The van der Waals surface area contributed by atoms with Gasteiger partial charge in [0.15, 0.2) is 0 Å². The highest BCUT2D eigenvalue weighted by atomic mass is 16.5. The summed E-state index contributed by atoms with van der Waals surface area (Å²) in [4.78, 5) is 47.9. The molecular formula is C28H36N4O4. The molecule has 2 aromatic rings. The molecule has 2 heterocycles. The Morgan fingerprint density at radius 3 is 2.42 bits per heavy atom. The van der Waals surface area contributed by atoms with Gasteiger partial charge in [-0.15, -0.1) is 0 Å². The number of ether oxygens (including phenoxy) is 1. The Kier molecular flexibility index (Phi) is 7.64. The number of para-hydroxylation sites is 1. The predicted octanol–water partition coefficient (Wildman–Crippen LogP) is 2.30. The van der Waals surface area contributed by atoms with E-state index >= 15 is 0 Å². The van der Waals surface area contributed by atoms with Crippen LogP contribution in [0.4, 0.5) is 5.69 Å². The molecule has 36 heavy (non-hydrogen) atoms. The van der Waals surface area contributed by atoms with E-state index in [1.807, 2.05) is 48.2 Å². The van der Waals surface area contributed by atoms with Gasteiger partial charge in [-0.1, -0.05) is 30.3 Å². The van der Waals surface area contributed by atoms with Gasteiger partial charge < -0.3 is 19.4 Å². The Bertz CT molecular complexity index is 1130. The lowest BCUT2D eigenvalue weighted by atomic mass is 9.75. The molecule has 1 unspecified atom stereocenters. The molecule has 192 valence electrons. The lowest BCUT2D eigenvalue weighted by Gasteiger charge is -2.38. The number of carbonyl (C=O) groups excluding carboxylic acids is 3. The highest BCUT2D eigenvalue weighted by Crippen LogP contribution is 2.41. The minimum Gasteiger partial charge on any atom is -0.497 e. The van der Waals surface area contributed by atoms with Gasteiger partial charge in [0.05, 0.1) is 12.5 Å². The molecule has 1 atom stereocenters. The molecule has 0 spiro atoms. The third kappa shape index (κ3) is 5.09. The van der Waals surface area contributed by atoms with E-state index in [0.717, 1.165) is 13.1 Å². The third-order valence-electron chi connectivity index (χ3n) is 7.34. The number of methoxy groups -OCH3 is 1. The van der Waals surface area contributed by atoms with Crippen LogP contribution in [0.1, 0.15) is 24.0 Å². The smallest absolute Gasteiger partial charge is 0.240 e.